The van der Waals surface area contributed by atoms with Crippen molar-refractivity contribution in [3.8, 4) is 0 Å². The van der Waals surface area contributed by atoms with Gasteiger partial charge in [-0.05, 0) is 6.92 Å². The number of hydrogen-bond acceptors (Lipinski definition) is 3. The van der Waals surface area contributed by atoms with Crippen LogP contribution in [0.3, 0.4) is 0 Å². The molecule has 2 N–H and O–H groups in total. The van der Waals surface area contributed by atoms with Crippen LogP contribution in [-0.2, 0) is 14.3 Å². The average molecular weight is 255 g/mol. The van der Waals surface area contributed by atoms with Gasteiger partial charge in [-0.2, -0.15) is 13.2 Å². The average Bonchev–Trinajstić information content (AvgIpc) is 2.45. The normalized spacial score (nSPS) is 29.1. The zero-order valence-electron chi connectivity index (χ0n) is 9.00. The zero-order valence-corrected chi connectivity index (χ0v) is 9.00. The third-order valence-electron chi connectivity index (χ3n) is 2.64. The Hall–Kier alpha value is -1.31. The van der Waals surface area contributed by atoms with Crippen LogP contribution in [0, 0.1) is 5.41 Å². The molecule has 1 aliphatic heterocycles. The van der Waals surface area contributed by atoms with Gasteiger partial charge in [0, 0.05) is 0 Å². The Labute approximate surface area is 94.9 Å². The molecule has 5 nitrogen and oxygen atoms in total. The van der Waals surface area contributed by atoms with Gasteiger partial charge < -0.3 is 15.2 Å². The van der Waals surface area contributed by atoms with Gasteiger partial charge in [0.2, 0.25) is 5.91 Å². The highest BCUT2D eigenvalue weighted by Crippen LogP contribution is 2.29. The fraction of sp³-hybridized carbons (Fsp3) is 0.778. The smallest absolute Gasteiger partial charge is 0.397 e. The van der Waals surface area contributed by atoms with Crippen molar-refractivity contribution in [1.82, 2.24) is 5.32 Å². The van der Waals surface area contributed by atoms with Crippen LogP contribution in [0.4, 0.5) is 13.2 Å². The fourth-order valence-corrected chi connectivity index (χ4v) is 1.51. The quantitative estimate of drug-likeness (QED) is 0.772. The maximum atomic E-state index is 11.9. The molecule has 0 saturated carbocycles. The van der Waals surface area contributed by atoms with E-state index in [1.54, 1.807) is 0 Å². The standard InChI is InChI=1S/C9H12F3NO4/c1-8(7(15)16)4-17-3-5(8)13-6(14)2-9(10,11)12/h5H,2-4H2,1H3,(H,13,14)(H,15,16). The Kier molecular flexibility index (Phi) is 3.65. The van der Waals surface area contributed by atoms with Gasteiger partial charge in [-0.15, -0.1) is 0 Å². The summed E-state index contributed by atoms with van der Waals surface area (Å²) in [6.45, 7) is 1.08. The number of carbonyl (C=O) groups excluding carboxylic acids is 1. The van der Waals surface area contributed by atoms with Crippen molar-refractivity contribution < 1.29 is 32.6 Å². The number of alkyl halides is 3. The number of nitrogens with one attached hydrogen (secondary N) is 1. The molecule has 0 radical (unpaired) electrons. The predicted molar refractivity (Wildman–Crippen MR) is 49.2 cm³/mol. The third-order valence-corrected chi connectivity index (χ3v) is 2.64. The van der Waals surface area contributed by atoms with E-state index in [2.05, 4.69) is 0 Å². The zero-order chi connectivity index (χ0) is 13.3. The Bertz CT molecular complexity index is 331. The van der Waals surface area contributed by atoms with Crippen LogP contribution in [0.5, 0.6) is 0 Å². The van der Waals surface area contributed by atoms with Crippen LogP contribution in [0.25, 0.3) is 0 Å². The molecule has 0 spiro atoms. The lowest BCUT2D eigenvalue weighted by Crippen LogP contribution is -2.50. The van der Waals surface area contributed by atoms with Gasteiger partial charge in [0.25, 0.3) is 0 Å². The van der Waals surface area contributed by atoms with Crippen LogP contribution in [0.1, 0.15) is 13.3 Å². The van der Waals surface area contributed by atoms with E-state index in [4.69, 9.17) is 9.84 Å². The molecule has 17 heavy (non-hydrogen) atoms. The molecular weight excluding hydrogens is 243 g/mol. The van der Waals surface area contributed by atoms with Gasteiger partial charge in [0.1, 0.15) is 11.8 Å². The van der Waals surface area contributed by atoms with Crippen molar-refractivity contribution in [3.63, 3.8) is 0 Å². The van der Waals surface area contributed by atoms with Crippen LogP contribution < -0.4 is 5.32 Å². The highest BCUT2D eigenvalue weighted by atomic mass is 19.4. The highest BCUT2D eigenvalue weighted by molar-refractivity contribution is 5.80. The number of hydrogen-bond donors (Lipinski definition) is 2. The molecule has 0 bridgehead atoms. The summed E-state index contributed by atoms with van der Waals surface area (Å²) in [5, 5.41) is 11.0. The molecule has 2 atom stereocenters. The maximum Gasteiger partial charge on any atom is 0.397 e. The SMILES string of the molecule is CC1(C(=O)O)COCC1NC(=O)CC(F)(F)F. The summed E-state index contributed by atoms with van der Waals surface area (Å²) in [5.74, 6) is -2.47. The molecule has 0 aromatic carbocycles. The molecule has 1 amide bonds. The third kappa shape index (κ3) is 3.32. The molecular formula is C9H12F3NO4. The van der Waals surface area contributed by atoms with Gasteiger partial charge in [-0.1, -0.05) is 0 Å². The van der Waals surface area contributed by atoms with E-state index >= 15 is 0 Å². The summed E-state index contributed by atoms with van der Waals surface area (Å²) in [6, 6.07) is -0.949. The molecule has 98 valence electrons. The Balaban J connectivity index is 2.63. The van der Waals surface area contributed by atoms with E-state index in [1.165, 1.54) is 6.92 Å². The largest absolute Gasteiger partial charge is 0.481 e. The van der Waals surface area contributed by atoms with Crippen molar-refractivity contribution in [1.29, 1.82) is 0 Å². The van der Waals surface area contributed by atoms with E-state index in [0.29, 0.717) is 0 Å². The molecule has 1 saturated heterocycles. The summed E-state index contributed by atoms with van der Waals surface area (Å²) < 4.78 is 40.7. The molecule has 8 heteroatoms. The first kappa shape index (κ1) is 13.8. The van der Waals surface area contributed by atoms with E-state index < -0.39 is 35.9 Å². The number of carboxylic acids is 1. The lowest BCUT2D eigenvalue weighted by atomic mass is 9.85. The second-order valence-corrected chi connectivity index (χ2v) is 4.15. The maximum absolute atomic E-state index is 11.9. The molecule has 2 unspecified atom stereocenters. The minimum atomic E-state index is -4.61. The molecule has 1 rings (SSSR count). The molecule has 0 aromatic rings. The predicted octanol–water partition coefficient (Wildman–Crippen LogP) is 0.545. The lowest BCUT2D eigenvalue weighted by molar-refractivity contribution is -0.155. The van der Waals surface area contributed by atoms with Crippen LogP contribution in [0.15, 0.2) is 0 Å². The summed E-state index contributed by atoms with van der Waals surface area (Å²) in [4.78, 5) is 22.0. The Morgan fingerprint density at radius 3 is 2.59 bits per heavy atom. The molecule has 0 aromatic heterocycles. The van der Waals surface area contributed by atoms with Crippen molar-refractivity contribution in [2.75, 3.05) is 13.2 Å². The van der Waals surface area contributed by atoms with E-state index in [-0.39, 0.29) is 13.2 Å². The van der Waals surface area contributed by atoms with Crippen molar-refractivity contribution >= 4 is 11.9 Å². The van der Waals surface area contributed by atoms with Gasteiger partial charge in [0.15, 0.2) is 0 Å². The number of halogens is 3. The van der Waals surface area contributed by atoms with Crippen molar-refractivity contribution in [3.05, 3.63) is 0 Å². The number of rotatable bonds is 3. The van der Waals surface area contributed by atoms with E-state index in [0.717, 1.165) is 0 Å². The lowest BCUT2D eigenvalue weighted by Gasteiger charge is -2.25. The van der Waals surface area contributed by atoms with Crippen LogP contribution >= 0.6 is 0 Å². The topological polar surface area (TPSA) is 75.6 Å². The first-order chi connectivity index (χ1) is 7.65. The van der Waals surface area contributed by atoms with Gasteiger partial charge >= 0.3 is 12.1 Å². The van der Waals surface area contributed by atoms with Gasteiger partial charge in [-0.3, -0.25) is 9.59 Å². The number of carbonyl (C=O) groups is 2. The summed E-state index contributed by atoms with van der Waals surface area (Å²) in [5.41, 5.74) is -1.39. The molecule has 0 aliphatic carbocycles. The first-order valence-corrected chi connectivity index (χ1v) is 4.82. The number of carboxylic acid groups (broad SMARTS) is 1. The monoisotopic (exact) mass is 255 g/mol. The highest BCUT2D eigenvalue weighted by Gasteiger charge is 2.48. The van der Waals surface area contributed by atoms with E-state index in [1.807, 2.05) is 5.32 Å². The number of amides is 1. The van der Waals surface area contributed by atoms with Gasteiger partial charge in [-0.25, -0.2) is 0 Å². The number of aliphatic carboxylic acids is 1. The second-order valence-electron chi connectivity index (χ2n) is 4.15. The molecule has 1 aliphatic rings. The van der Waals surface area contributed by atoms with Crippen LogP contribution in [0.2, 0.25) is 0 Å². The minimum absolute atomic E-state index is 0.105. The summed E-state index contributed by atoms with van der Waals surface area (Å²) in [7, 11) is 0. The molecule has 1 fully saturated rings. The van der Waals surface area contributed by atoms with Crippen LogP contribution in [-0.4, -0.2) is 42.4 Å². The first-order valence-electron chi connectivity index (χ1n) is 4.82. The number of ether oxygens (including phenoxy) is 1. The summed E-state index contributed by atoms with van der Waals surface area (Å²) >= 11 is 0. The minimum Gasteiger partial charge on any atom is -0.481 e. The Morgan fingerprint density at radius 2 is 2.12 bits per heavy atom. The second kappa shape index (κ2) is 4.52. The van der Waals surface area contributed by atoms with E-state index in [9.17, 15) is 22.8 Å². The summed E-state index contributed by atoms with van der Waals surface area (Å²) in [6.07, 6.45) is -6.23. The van der Waals surface area contributed by atoms with Gasteiger partial charge in [0.05, 0.1) is 19.3 Å². The van der Waals surface area contributed by atoms with Crippen molar-refractivity contribution in [2.45, 2.75) is 25.6 Å². The molecule has 1 heterocycles. The fourth-order valence-electron chi connectivity index (χ4n) is 1.51. The van der Waals surface area contributed by atoms with Crippen molar-refractivity contribution in [2.24, 2.45) is 5.41 Å². The Morgan fingerprint density at radius 1 is 1.53 bits per heavy atom.